The second-order valence-corrected chi connectivity index (χ2v) is 5.76. The molecule has 108 valence electrons. The van der Waals surface area contributed by atoms with Crippen molar-refractivity contribution >= 4 is 5.91 Å². The zero-order valence-corrected chi connectivity index (χ0v) is 11.5. The SMILES string of the molecule is O=C(NCC(O)C1CCCC1)C1COc2ccccc21. The van der Waals surface area contributed by atoms with E-state index in [2.05, 4.69) is 5.32 Å². The summed E-state index contributed by atoms with van der Waals surface area (Å²) in [4.78, 5) is 12.2. The minimum atomic E-state index is -0.418. The minimum absolute atomic E-state index is 0.0491. The lowest BCUT2D eigenvalue weighted by molar-refractivity contribution is -0.123. The highest BCUT2D eigenvalue weighted by Crippen LogP contribution is 2.33. The molecule has 1 aliphatic carbocycles. The fourth-order valence-corrected chi connectivity index (χ4v) is 3.22. The molecule has 0 bridgehead atoms. The van der Waals surface area contributed by atoms with Crippen molar-refractivity contribution in [2.24, 2.45) is 5.92 Å². The lowest BCUT2D eigenvalue weighted by Crippen LogP contribution is -2.38. The van der Waals surface area contributed by atoms with E-state index in [4.69, 9.17) is 4.74 Å². The fraction of sp³-hybridized carbons (Fsp3) is 0.562. The number of fused-ring (bicyclic) bond motifs is 1. The van der Waals surface area contributed by atoms with Gasteiger partial charge in [0.05, 0.1) is 6.10 Å². The smallest absolute Gasteiger partial charge is 0.231 e. The maximum absolute atomic E-state index is 12.2. The van der Waals surface area contributed by atoms with Crippen LogP contribution in [-0.2, 0) is 4.79 Å². The van der Waals surface area contributed by atoms with Gasteiger partial charge in [-0.15, -0.1) is 0 Å². The first-order chi connectivity index (χ1) is 9.75. The summed E-state index contributed by atoms with van der Waals surface area (Å²) >= 11 is 0. The fourth-order valence-electron chi connectivity index (χ4n) is 3.22. The van der Waals surface area contributed by atoms with Crippen LogP contribution in [-0.4, -0.2) is 30.3 Å². The van der Waals surface area contributed by atoms with Crippen molar-refractivity contribution in [3.63, 3.8) is 0 Å². The number of amides is 1. The molecule has 0 radical (unpaired) electrons. The van der Waals surface area contributed by atoms with Crippen molar-refractivity contribution in [1.82, 2.24) is 5.32 Å². The maximum Gasteiger partial charge on any atom is 0.231 e. The van der Waals surface area contributed by atoms with Crippen LogP contribution in [0.15, 0.2) is 24.3 Å². The van der Waals surface area contributed by atoms with Gasteiger partial charge in [0.25, 0.3) is 0 Å². The van der Waals surface area contributed by atoms with Crippen LogP contribution in [0.4, 0.5) is 0 Å². The van der Waals surface area contributed by atoms with Gasteiger partial charge in [-0.25, -0.2) is 0 Å². The maximum atomic E-state index is 12.2. The first-order valence-corrected chi connectivity index (χ1v) is 7.43. The van der Waals surface area contributed by atoms with E-state index >= 15 is 0 Å². The van der Waals surface area contributed by atoms with Crippen LogP contribution in [0.1, 0.15) is 37.2 Å². The van der Waals surface area contributed by atoms with Crippen molar-refractivity contribution in [2.45, 2.75) is 37.7 Å². The Hall–Kier alpha value is -1.55. The van der Waals surface area contributed by atoms with Crippen LogP contribution in [0.25, 0.3) is 0 Å². The topological polar surface area (TPSA) is 58.6 Å². The Balaban J connectivity index is 1.55. The summed E-state index contributed by atoms with van der Waals surface area (Å²) in [5.41, 5.74) is 0.945. The summed E-state index contributed by atoms with van der Waals surface area (Å²) in [6, 6.07) is 7.64. The first-order valence-electron chi connectivity index (χ1n) is 7.43. The molecule has 4 heteroatoms. The predicted octanol–water partition coefficient (Wildman–Crippen LogP) is 1.83. The number of hydrogen-bond donors (Lipinski definition) is 2. The molecule has 0 saturated heterocycles. The van der Waals surface area contributed by atoms with Crippen molar-refractivity contribution in [1.29, 1.82) is 0 Å². The van der Waals surface area contributed by atoms with Gasteiger partial charge < -0.3 is 15.2 Å². The number of carbonyl (C=O) groups excluding carboxylic acids is 1. The third kappa shape index (κ3) is 2.66. The molecular formula is C16H21NO3. The highest BCUT2D eigenvalue weighted by Gasteiger charge is 2.31. The second kappa shape index (κ2) is 5.83. The molecule has 0 spiro atoms. The number of hydrogen-bond acceptors (Lipinski definition) is 3. The Morgan fingerprint density at radius 2 is 2.10 bits per heavy atom. The van der Waals surface area contributed by atoms with Gasteiger partial charge in [0, 0.05) is 12.1 Å². The zero-order valence-electron chi connectivity index (χ0n) is 11.5. The summed E-state index contributed by atoms with van der Waals surface area (Å²) in [7, 11) is 0. The summed E-state index contributed by atoms with van der Waals surface area (Å²) in [5, 5.41) is 13.0. The highest BCUT2D eigenvalue weighted by molar-refractivity contribution is 5.85. The van der Waals surface area contributed by atoms with Gasteiger partial charge in [0.15, 0.2) is 0 Å². The Morgan fingerprint density at radius 3 is 2.90 bits per heavy atom. The van der Waals surface area contributed by atoms with Gasteiger partial charge in [0.1, 0.15) is 18.3 Å². The molecule has 4 nitrogen and oxygen atoms in total. The molecule has 3 rings (SSSR count). The molecule has 2 N–H and O–H groups in total. The normalized spacial score (nSPS) is 23.1. The summed E-state index contributed by atoms with van der Waals surface area (Å²) < 4.78 is 5.52. The van der Waals surface area contributed by atoms with Gasteiger partial charge >= 0.3 is 0 Å². The van der Waals surface area contributed by atoms with Gasteiger partial charge in [-0.2, -0.15) is 0 Å². The number of para-hydroxylation sites is 1. The minimum Gasteiger partial charge on any atom is -0.492 e. The van der Waals surface area contributed by atoms with Gasteiger partial charge in [-0.1, -0.05) is 31.0 Å². The second-order valence-electron chi connectivity index (χ2n) is 5.76. The van der Waals surface area contributed by atoms with Gasteiger partial charge in [0.2, 0.25) is 5.91 Å². The Bertz CT molecular complexity index is 482. The Kier molecular flexibility index (Phi) is 3.92. The van der Waals surface area contributed by atoms with E-state index in [1.807, 2.05) is 24.3 Å². The van der Waals surface area contributed by atoms with E-state index in [1.165, 1.54) is 12.8 Å². The van der Waals surface area contributed by atoms with Crippen LogP contribution >= 0.6 is 0 Å². The van der Waals surface area contributed by atoms with E-state index in [0.717, 1.165) is 24.2 Å². The molecule has 0 aromatic heterocycles. The molecule has 1 aromatic rings. The van der Waals surface area contributed by atoms with Crippen LogP contribution in [0, 0.1) is 5.92 Å². The molecule has 2 aliphatic rings. The third-order valence-electron chi connectivity index (χ3n) is 4.45. The largest absolute Gasteiger partial charge is 0.492 e. The van der Waals surface area contributed by atoms with Crippen molar-refractivity contribution < 1.29 is 14.6 Å². The molecule has 2 unspecified atom stereocenters. The van der Waals surface area contributed by atoms with Crippen LogP contribution in [0.2, 0.25) is 0 Å². The summed E-state index contributed by atoms with van der Waals surface area (Å²) in [6.07, 6.45) is 4.12. The zero-order chi connectivity index (χ0) is 13.9. The number of carbonyl (C=O) groups is 1. The monoisotopic (exact) mass is 275 g/mol. The molecule has 1 aromatic carbocycles. The van der Waals surface area contributed by atoms with Crippen molar-refractivity contribution in [3.8, 4) is 5.75 Å². The predicted molar refractivity (Wildman–Crippen MR) is 75.7 cm³/mol. The average molecular weight is 275 g/mol. The lowest BCUT2D eigenvalue weighted by Gasteiger charge is -2.19. The lowest BCUT2D eigenvalue weighted by atomic mass is 9.99. The van der Waals surface area contributed by atoms with Crippen LogP contribution in [0.5, 0.6) is 5.75 Å². The summed E-state index contributed by atoms with van der Waals surface area (Å²) in [6.45, 7) is 0.743. The van der Waals surface area contributed by atoms with Crippen LogP contribution < -0.4 is 10.1 Å². The van der Waals surface area contributed by atoms with Gasteiger partial charge in [-0.3, -0.25) is 4.79 Å². The molecule has 20 heavy (non-hydrogen) atoms. The van der Waals surface area contributed by atoms with Crippen LogP contribution in [0.3, 0.4) is 0 Å². The van der Waals surface area contributed by atoms with E-state index < -0.39 is 6.10 Å². The van der Waals surface area contributed by atoms with Crippen molar-refractivity contribution in [2.75, 3.05) is 13.2 Å². The molecular weight excluding hydrogens is 254 g/mol. The number of nitrogens with one attached hydrogen (secondary N) is 1. The summed E-state index contributed by atoms with van der Waals surface area (Å²) in [5.74, 6) is 0.848. The highest BCUT2D eigenvalue weighted by atomic mass is 16.5. The first kappa shape index (κ1) is 13.4. The number of aliphatic hydroxyl groups excluding tert-OH is 1. The Labute approximate surface area is 119 Å². The average Bonchev–Trinajstić information content (AvgIpc) is 3.13. The molecule has 1 aliphatic heterocycles. The quantitative estimate of drug-likeness (QED) is 0.881. The van der Waals surface area contributed by atoms with Crippen molar-refractivity contribution in [3.05, 3.63) is 29.8 Å². The standard InChI is InChI=1S/C16H21NO3/c18-14(11-5-1-2-6-11)9-17-16(19)13-10-20-15-8-4-3-7-12(13)15/h3-4,7-8,11,13-14,18H,1-2,5-6,9-10H2,(H,17,19). The van der Waals surface area contributed by atoms with E-state index in [-0.39, 0.29) is 11.8 Å². The molecule has 1 saturated carbocycles. The molecule has 1 fully saturated rings. The molecule has 2 atom stereocenters. The van der Waals surface area contributed by atoms with Gasteiger partial charge in [-0.05, 0) is 24.8 Å². The third-order valence-corrected chi connectivity index (χ3v) is 4.45. The number of rotatable bonds is 4. The van der Waals surface area contributed by atoms with E-state index in [0.29, 0.717) is 19.1 Å². The molecule has 1 amide bonds. The Morgan fingerprint density at radius 1 is 1.35 bits per heavy atom. The van der Waals surface area contributed by atoms with E-state index in [9.17, 15) is 9.90 Å². The number of aliphatic hydroxyl groups is 1. The van der Waals surface area contributed by atoms with E-state index in [1.54, 1.807) is 0 Å². The number of ether oxygens (including phenoxy) is 1. The number of benzene rings is 1. The molecule has 1 heterocycles.